The molecule has 2 aromatic carbocycles. The molecule has 0 fully saturated rings. The number of para-hydroxylation sites is 1. The lowest BCUT2D eigenvalue weighted by Gasteiger charge is -2.18. The molecule has 0 bridgehead atoms. The van der Waals surface area contributed by atoms with E-state index in [0.717, 1.165) is 16.8 Å². The summed E-state index contributed by atoms with van der Waals surface area (Å²) in [5.41, 5.74) is 2.72. The first-order chi connectivity index (χ1) is 14.0. The van der Waals surface area contributed by atoms with Gasteiger partial charge in [0, 0.05) is 25.4 Å². The van der Waals surface area contributed by atoms with E-state index < -0.39 is 0 Å². The van der Waals surface area contributed by atoms with E-state index in [1.165, 1.54) is 0 Å². The Kier molecular flexibility index (Phi) is 6.39. The van der Waals surface area contributed by atoms with Crippen LogP contribution in [0, 0.1) is 0 Å². The molecule has 1 heterocycles. The van der Waals surface area contributed by atoms with Crippen LogP contribution in [0.5, 0.6) is 17.2 Å². The monoisotopic (exact) mass is 395 g/mol. The number of aromatic nitrogens is 2. The highest BCUT2D eigenvalue weighted by Crippen LogP contribution is 2.38. The largest absolute Gasteiger partial charge is 0.493 e. The average Bonchev–Trinajstić information content (AvgIpc) is 3.22. The second kappa shape index (κ2) is 9.14. The van der Waals surface area contributed by atoms with Crippen LogP contribution in [0.1, 0.15) is 11.1 Å². The number of methoxy groups -OCH3 is 3. The van der Waals surface area contributed by atoms with Gasteiger partial charge in [0.1, 0.15) is 0 Å². The van der Waals surface area contributed by atoms with Crippen LogP contribution >= 0.6 is 0 Å². The van der Waals surface area contributed by atoms with Gasteiger partial charge in [0.2, 0.25) is 11.7 Å². The normalized spacial score (nSPS) is 10.5. The van der Waals surface area contributed by atoms with E-state index in [-0.39, 0.29) is 12.3 Å². The maximum atomic E-state index is 12.7. The summed E-state index contributed by atoms with van der Waals surface area (Å²) in [6.45, 7) is 0.468. The molecule has 0 saturated heterocycles. The second-order valence-electron chi connectivity index (χ2n) is 6.59. The summed E-state index contributed by atoms with van der Waals surface area (Å²) in [5.74, 6) is 1.54. The van der Waals surface area contributed by atoms with Crippen LogP contribution in [0.25, 0.3) is 5.69 Å². The summed E-state index contributed by atoms with van der Waals surface area (Å²) in [6.07, 6.45) is 3.93. The number of amides is 1. The van der Waals surface area contributed by atoms with Gasteiger partial charge in [-0.25, -0.2) is 4.68 Å². The molecule has 0 aliphatic heterocycles. The molecule has 0 spiro atoms. The molecule has 1 aromatic heterocycles. The SMILES string of the molecule is COc1cc(CC(=O)N(C)Cc2cnn(-c3ccccc3)c2)cc(OC)c1OC. The summed E-state index contributed by atoms with van der Waals surface area (Å²) in [6, 6.07) is 13.4. The van der Waals surface area contributed by atoms with Crippen LogP contribution in [0.3, 0.4) is 0 Å². The lowest BCUT2D eigenvalue weighted by molar-refractivity contribution is -0.129. The topological polar surface area (TPSA) is 65.8 Å². The van der Waals surface area contributed by atoms with Gasteiger partial charge in [0.15, 0.2) is 11.5 Å². The Hall–Kier alpha value is -3.48. The van der Waals surface area contributed by atoms with Crippen molar-refractivity contribution in [2.24, 2.45) is 0 Å². The molecule has 7 heteroatoms. The first-order valence-corrected chi connectivity index (χ1v) is 9.17. The average molecular weight is 395 g/mol. The highest BCUT2D eigenvalue weighted by molar-refractivity contribution is 5.79. The van der Waals surface area contributed by atoms with Crippen molar-refractivity contribution >= 4 is 5.91 Å². The van der Waals surface area contributed by atoms with Crippen LogP contribution in [0.2, 0.25) is 0 Å². The van der Waals surface area contributed by atoms with Crippen LogP contribution < -0.4 is 14.2 Å². The van der Waals surface area contributed by atoms with Crippen molar-refractivity contribution in [3.8, 4) is 22.9 Å². The third-order valence-electron chi connectivity index (χ3n) is 4.58. The van der Waals surface area contributed by atoms with Gasteiger partial charge < -0.3 is 19.1 Å². The predicted octanol–water partition coefficient (Wildman–Crippen LogP) is 3.10. The number of rotatable bonds is 8. The van der Waals surface area contributed by atoms with Gasteiger partial charge in [-0.1, -0.05) is 18.2 Å². The predicted molar refractivity (Wildman–Crippen MR) is 110 cm³/mol. The molecule has 1 amide bonds. The molecule has 0 saturated carbocycles. The minimum absolute atomic E-state index is 0.0215. The van der Waals surface area contributed by atoms with Gasteiger partial charge in [-0.3, -0.25) is 4.79 Å². The van der Waals surface area contributed by atoms with Crippen LogP contribution in [-0.4, -0.2) is 49.0 Å². The van der Waals surface area contributed by atoms with E-state index in [4.69, 9.17) is 14.2 Å². The minimum atomic E-state index is -0.0215. The molecule has 0 aliphatic rings. The Balaban J connectivity index is 1.69. The van der Waals surface area contributed by atoms with E-state index in [0.29, 0.717) is 23.8 Å². The molecule has 152 valence electrons. The number of benzene rings is 2. The summed E-state index contributed by atoms with van der Waals surface area (Å²) < 4.78 is 17.8. The van der Waals surface area contributed by atoms with E-state index in [1.54, 1.807) is 56.3 Å². The zero-order chi connectivity index (χ0) is 20.8. The Morgan fingerprint density at radius 2 is 1.66 bits per heavy atom. The van der Waals surface area contributed by atoms with E-state index >= 15 is 0 Å². The first kappa shape index (κ1) is 20.3. The number of nitrogens with zero attached hydrogens (tertiary/aromatic N) is 3. The Morgan fingerprint density at radius 1 is 1.00 bits per heavy atom. The quantitative estimate of drug-likeness (QED) is 0.586. The van der Waals surface area contributed by atoms with E-state index in [1.807, 2.05) is 36.5 Å². The van der Waals surface area contributed by atoms with Crippen molar-refractivity contribution in [2.75, 3.05) is 28.4 Å². The fourth-order valence-corrected chi connectivity index (χ4v) is 3.07. The summed E-state index contributed by atoms with van der Waals surface area (Å²) >= 11 is 0. The van der Waals surface area contributed by atoms with Crippen molar-refractivity contribution in [1.82, 2.24) is 14.7 Å². The number of carbonyl (C=O) groups excluding carboxylic acids is 1. The highest BCUT2D eigenvalue weighted by Gasteiger charge is 2.17. The molecule has 0 aliphatic carbocycles. The fourth-order valence-electron chi connectivity index (χ4n) is 3.07. The first-order valence-electron chi connectivity index (χ1n) is 9.17. The van der Waals surface area contributed by atoms with Gasteiger partial charge in [0.05, 0.1) is 39.6 Å². The van der Waals surface area contributed by atoms with Gasteiger partial charge >= 0.3 is 0 Å². The molecular formula is C22H25N3O4. The smallest absolute Gasteiger partial charge is 0.227 e. The Labute approximate surface area is 170 Å². The number of hydrogen-bond donors (Lipinski definition) is 0. The van der Waals surface area contributed by atoms with Gasteiger partial charge in [0.25, 0.3) is 0 Å². The zero-order valence-corrected chi connectivity index (χ0v) is 17.1. The van der Waals surface area contributed by atoms with Crippen molar-refractivity contribution < 1.29 is 19.0 Å². The van der Waals surface area contributed by atoms with Crippen LogP contribution in [0.4, 0.5) is 0 Å². The lowest BCUT2D eigenvalue weighted by atomic mass is 10.1. The molecule has 29 heavy (non-hydrogen) atoms. The number of carbonyl (C=O) groups is 1. The molecule has 7 nitrogen and oxygen atoms in total. The molecule has 3 aromatic rings. The summed E-state index contributed by atoms with van der Waals surface area (Å²) in [5, 5.41) is 4.38. The van der Waals surface area contributed by atoms with E-state index in [2.05, 4.69) is 5.10 Å². The van der Waals surface area contributed by atoms with Crippen molar-refractivity contribution in [3.63, 3.8) is 0 Å². The number of ether oxygens (including phenoxy) is 3. The van der Waals surface area contributed by atoms with E-state index in [9.17, 15) is 4.79 Å². The standard InChI is InChI=1S/C22H25N3O4/c1-24(14-17-13-23-25(15-17)18-8-6-5-7-9-18)21(26)12-16-10-19(27-2)22(29-4)20(11-16)28-3/h5-11,13,15H,12,14H2,1-4H3. The third kappa shape index (κ3) is 4.68. The summed E-state index contributed by atoms with van der Waals surface area (Å²) in [4.78, 5) is 14.4. The zero-order valence-electron chi connectivity index (χ0n) is 17.1. The van der Waals surface area contributed by atoms with Gasteiger partial charge in [-0.15, -0.1) is 0 Å². The third-order valence-corrected chi connectivity index (χ3v) is 4.58. The fraction of sp³-hybridized carbons (Fsp3) is 0.273. The minimum Gasteiger partial charge on any atom is -0.493 e. The molecule has 0 unspecified atom stereocenters. The van der Waals surface area contributed by atoms with Gasteiger partial charge in [-0.2, -0.15) is 5.10 Å². The highest BCUT2D eigenvalue weighted by atomic mass is 16.5. The maximum Gasteiger partial charge on any atom is 0.227 e. The van der Waals surface area contributed by atoms with Gasteiger partial charge in [-0.05, 0) is 29.8 Å². The molecule has 0 N–H and O–H groups in total. The number of likely N-dealkylation sites (N-methyl/N-ethyl adjacent to an activating group) is 1. The molecule has 3 rings (SSSR count). The Morgan fingerprint density at radius 3 is 2.24 bits per heavy atom. The maximum absolute atomic E-state index is 12.7. The van der Waals surface area contributed by atoms with Crippen molar-refractivity contribution in [2.45, 2.75) is 13.0 Å². The molecular weight excluding hydrogens is 370 g/mol. The number of hydrogen-bond acceptors (Lipinski definition) is 5. The lowest BCUT2D eigenvalue weighted by Crippen LogP contribution is -2.27. The summed E-state index contributed by atoms with van der Waals surface area (Å²) in [7, 11) is 6.44. The second-order valence-corrected chi connectivity index (χ2v) is 6.59. The molecule has 0 atom stereocenters. The van der Waals surface area contributed by atoms with Crippen molar-refractivity contribution in [1.29, 1.82) is 0 Å². The van der Waals surface area contributed by atoms with Crippen LogP contribution in [-0.2, 0) is 17.8 Å². The Bertz CT molecular complexity index is 944. The molecule has 0 radical (unpaired) electrons. The van der Waals surface area contributed by atoms with Crippen LogP contribution in [0.15, 0.2) is 54.9 Å². The van der Waals surface area contributed by atoms with Crippen molar-refractivity contribution in [3.05, 3.63) is 66.0 Å².